The second-order valence-electron chi connectivity index (χ2n) is 4.82. The molecule has 0 radical (unpaired) electrons. The van der Waals surface area contributed by atoms with Gasteiger partial charge in [0.2, 0.25) is 0 Å². The fourth-order valence-electron chi connectivity index (χ4n) is 2.36. The van der Waals surface area contributed by atoms with E-state index in [2.05, 4.69) is 0 Å². The minimum absolute atomic E-state index is 0.0360. The number of hydrogen-bond donors (Lipinski definition) is 2. The molecule has 1 aliphatic heterocycles. The number of phenols is 1. The Kier molecular flexibility index (Phi) is 4.12. The molecule has 1 aliphatic rings. The minimum atomic E-state index is -0.870. The maximum Gasteiger partial charge on any atom is 0.308 e. The van der Waals surface area contributed by atoms with E-state index in [0.29, 0.717) is 24.9 Å². The summed E-state index contributed by atoms with van der Waals surface area (Å²) in [5.74, 6) is -1.43. The van der Waals surface area contributed by atoms with Gasteiger partial charge in [0.1, 0.15) is 0 Å². The van der Waals surface area contributed by atoms with Crippen LogP contribution >= 0.6 is 0 Å². The van der Waals surface area contributed by atoms with E-state index in [-0.39, 0.29) is 24.0 Å². The predicted octanol–water partition coefficient (Wildman–Crippen LogP) is 1.34. The molecule has 0 spiro atoms. The highest BCUT2D eigenvalue weighted by Gasteiger charge is 2.28. The summed E-state index contributed by atoms with van der Waals surface area (Å²) >= 11 is 0. The van der Waals surface area contributed by atoms with Crippen LogP contribution in [0.1, 0.15) is 23.2 Å². The van der Waals surface area contributed by atoms with Crippen molar-refractivity contribution >= 4 is 11.9 Å². The predicted molar refractivity (Wildman–Crippen MR) is 70.9 cm³/mol. The van der Waals surface area contributed by atoms with E-state index in [0.717, 1.165) is 0 Å². The lowest BCUT2D eigenvalue weighted by Crippen LogP contribution is -2.42. The van der Waals surface area contributed by atoms with Crippen LogP contribution in [-0.2, 0) is 4.79 Å². The number of nitrogens with zero attached hydrogens (tertiary/aromatic N) is 1. The Bertz CT molecular complexity index is 528. The average molecular weight is 279 g/mol. The number of carboxylic acid groups (broad SMARTS) is 1. The van der Waals surface area contributed by atoms with Crippen LogP contribution in [0, 0.1) is 5.92 Å². The third kappa shape index (κ3) is 2.84. The smallest absolute Gasteiger partial charge is 0.308 e. The summed E-state index contributed by atoms with van der Waals surface area (Å²) < 4.78 is 4.97. The van der Waals surface area contributed by atoms with Crippen molar-refractivity contribution in [2.24, 2.45) is 5.92 Å². The van der Waals surface area contributed by atoms with Crippen molar-refractivity contribution in [3.8, 4) is 11.5 Å². The summed E-state index contributed by atoms with van der Waals surface area (Å²) in [5, 5.41) is 18.6. The first-order valence-corrected chi connectivity index (χ1v) is 6.42. The van der Waals surface area contributed by atoms with E-state index >= 15 is 0 Å². The maximum absolute atomic E-state index is 12.3. The van der Waals surface area contributed by atoms with Gasteiger partial charge in [0, 0.05) is 18.7 Å². The zero-order valence-corrected chi connectivity index (χ0v) is 11.2. The van der Waals surface area contributed by atoms with Gasteiger partial charge in [0.05, 0.1) is 13.0 Å². The summed E-state index contributed by atoms with van der Waals surface area (Å²) in [5.41, 5.74) is 0.380. The quantitative estimate of drug-likeness (QED) is 0.871. The molecular weight excluding hydrogens is 262 g/mol. The van der Waals surface area contributed by atoms with Crippen molar-refractivity contribution in [2.45, 2.75) is 12.8 Å². The first-order chi connectivity index (χ1) is 9.52. The molecule has 2 rings (SSSR count). The van der Waals surface area contributed by atoms with Crippen LogP contribution in [0.2, 0.25) is 0 Å². The summed E-state index contributed by atoms with van der Waals surface area (Å²) in [7, 11) is 1.41. The molecule has 1 aromatic carbocycles. The number of aromatic hydroxyl groups is 1. The molecule has 1 saturated heterocycles. The van der Waals surface area contributed by atoms with Crippen molar-refractivity contribution in [1.29, 1.82) is 0 Å². The Balaban J connectivity index is 2.16. The van der Waals surface area contributed by atoms with Crippen molar-refractivity contribution in [3.05, 3.63) is 23.8 Å². The lowest BCUT2D eigenvalue weighted by molar-refractivity contribution is -0.143. The number of carboxylic acids is 1. The zero-order valence-electron chi connectivity index (χ0n) is 11.2. The Morgan fingerprint density at radius 1 is 1.40 bits per heavy atom. The molecule has 0 bridgehead atoms. The van der Waals surface area contributed by atoms with Crippen LogP contribution in [0.3, 0.4) is 0 Å². The lowest BCUT2D eigenvalue weighted by Gasteiger charge is -2.30. The summed E-state index contributed by atoms with van der Waals surface area (Å²) in [6.45, 7) is 0.767. The molecule has 1 unspecified atom stereocenters. The largest absolute Gasteiger partial charge is 0.504 e. The topological polar surface area (TPSA) is 87.1 Å². The second-order valence-corrected chi connectivity index (χ2v) is 4.82. The normalized spacial score (nSPS) is 18.6. The van der Waals surface area contributed by atoms with Crippen LogP contribution in [-0.4, -0.2) is 47.2 Å². The Hall–Kier alpha value is -2.24. The molecular formula is C14H17NO5. The van der Waals surface area contributed by atoms with E-state index in [4.69, 9.17) is 9.84 Å². The number of methoxy groups -OCH3 is 1. The highest BCUT2D eigenvalue weighted by atomic mass is 16.5. The highest BCUT2D eigenvalue weighted by molar-refractivity contribution is 5.95. The van der Waals surface area contributed by atoms with Gasteiger partial charge in [-0.3, -0.25) is 9.59 Å². The number of ether oxygens (including phenoxy) is 1. The monoisotopic (exact) mass is 279 g/mol. The fraction of sp³-hybridized carbons (Fsp3) is 0.429. The zero-order chi connectivity index (χ0) is 14.7. The molecule has 1 amide bonds. The van der Waals surface area contributed by atoms with Gasteiger partial charge < -0.3 is 19.8 Å². The molecule has 1 aromatic rings. The van der Waals surface area contributed by atoms with E-state index < -0.39 is 11.9 Å². The first kappa shape index (κ1) is 14.2. The number of likely N-dealkylation sites (tertiary alicyclic amines) is 1. The van der Waals surface area contributed by atoms with E-state index in [9.17, 15) is 14.7 Å². The summed E-state index contributed by atoms with van der Waals surface area (Å²) in [6.07, 6.45) is 1.27. The molecule has 6 nitrogen and oxygen atoms in total. The molecule has 0 saturated carbocycles. The molecule has 1 heterocycles. The number of benzene rings is 1. The van der Waals surface area contributed by atoms with E-state index in [1.165, 1.54) is 30.2 Å². The van der Waals surface area contributed by atoms with Gasteiger partial charge in [-0.1, -0.05) is 0 Å². The molecule has 2 N–H and O–H groups in total. The summed E-state index contributed by atoms with van der Waals surface area (Å²) in [6, 6.07) is 4.36. The van der Waals surface area contributed by atoms with Gasteiger partial charge in [-0.25, -0.2) is 0 Å². The lowest BCUT2D eigenvalue weighted by atomic mass is 9.97. The number of amides is 1. The maximum atomic E-state index is 12.3. The van der Waals surface area contributed by atoms with Crippen molar-refractivity contribution in [2.75, 3.05) is 20.2 Å². The number of phenolic OH excluding ortho intramolecular Hbond substituents is 1. The van der Waals surface area contributed by atoms with Gasteiger partial charge in [-0.15, -0.1) is 0 Å². The minimum Gasteiger partial charge on any atom is -0.504 e. The highest BCUT2D eigenvalue weighted by Crippen LogP contribution is 2.27. The second kappa shape index (κ2) is 5.81. The number of aliphatic carboxylic acids is 1. The van der Waals surface area contributed by atoms with Crippen LogP contribution in [0.25, 0.3) is 0 Å². The standard InChI is InChI=1S/C14H17NO5/c1-20-12-7-9(4-5-11(12)16)13(17)15-6-2-3-10(8-15)14(18)19/h4-5,7,10,16H,2-3,6,8H2,1H3,(H,18,19). The molecule has 0 aromatic heterocycles. The van der Waals surface area contributed by atoms with Gasteiger partial charge in [0.15, 0.2) is 11.5 Å². The number of hydrogen-bond acceptors (Lipinski definition) is 4. The first-order valence-electron chi connectivity index (χ1n) is 6.42. The van der Waals surface area contributed by atoms with Crippen molar-refractivity contribution in [3.63, 3.8) is 0 Å². The number of piperidine rings is 1. The van der Waals surface area contributed by atoms with Crippen molar-refractivity contribution in [1.82, 2.24) is 4.90 Å². The number of carbonyl (C=O) groups is 2. The Morgan fingerprint density at radius 2 is 2.15 bits per heavy atom. The third-order valence-corrected chi connectivity index (χ3v) is 3.48. The SMILES string of the molecule is COc1cc(C(=O)N2CCCC(C(=O)O)C2)ccc1O. The van der Waals surface area contributed by atoms with E-state index in [1.807, 2.05) is 0 Å². The van der Waals surface area contributed by atoms with E-state index in [1.54, 1.807) is 0 Å². The van der Waals surface area contributed by atoms with Gasteiger partial charge in [0.25, 0.3) is 5.91 Å². The third-order valence-electron chi connectivity index (χ3n) is 3.48. The van der Waals surface area contributed by atoms with Crippen LogP contribution in [0.4, 0.5) is 0 Å². The Labute approximate surface area is 116 Å². The van der Waals surface area contributed by atoms with Gasteiger partial charge >= 0.3 is 5.97 Å². The van der Waals surface area contributed by atoms with Crippen molar-refractivity contribution < 1.29 is 24.5 Å². The fourth-order valence-corrected chi connectivity index (χ4v) is 2.36. The molecule has 20 heavy (non-hydrogen) atoms. The van der Waals surface area contributed by atoms with Gasteiger partial charge in [-0.05, 0) is 31.0 Å². The van der Waals surface area contributed by atoms with Crippen LogP contribution in [0.5, 0.6) is 11.5 Å². The van der Waals surface area contributed by atoms with Crippen LogP contribution < -0.4 is 4.74 Å². The van der Waals surface area contributed by atoms with Gasteiger partial charge in [-0.2, -0.15) is 0 Å². The molecule has 6 heteroatoms. The molecule has 1 fully saturated rings. The number of carbonyl (C=O) groups excluding carboxylic acids is 1. The molecule has 0 aliphatic carbocycles. The Morgan fingerprint density at radius 3 is 2.80 bits per heavy atom. The van der Waals surface area contributed by atoms with Crippen LogP contribution in [0.15, 0.2) is 18.2 Å². The molecule has 1 atom stereocenters. The average Bonchev–Trinajstić information content (AvgIpc) is 2.47. The number of rotatable bonds is 3. The summed E-state index contributed by atoms with van der Waals surface area (Å²) in [4.78, 5) is 24.9. The molecule has 108 valence electrons.